The van der Waals surface area contributed by atoms with E-state index >= 15 is 0 Å². The van der Waals surface area contributed by atoms with Crippen LogP contribution < -0.4 is 0 Å². The minimum Gasteiger partial charge on any atom is -0.198 e. The van der Waals surface area contributed by atoms with Crippen LogP contribution in [0.3, 0.4) is 0 Å². The van der Waals surface area contributed by atoms with E-state index in [0.29, 0.717) is 0 Å². The smallest absolute Gasteiger partial charge is 0.0669 e. The molecule has 0 aromatic carbocycles. The van der Waals surface area contributed by atoms with Gasteiger partial charge in [0.25, 0.3) is 0 Å². The maximum atomic E-state index is 8.35. The molecule has 0 aliphatic carbocycles. The van der Waals surface area contributed by atoms with Crippen LogP contribution in [0.2, 0.25) is 0 Å². The lowest BCUT2D eigenvalue weighted by Crippen LogP contribution is -1.83. The third kappa shape index (κ3) is 15.5. The second kappa shape index (κ2) is 16.5. The van der Waals surface area contributed by atoms with E-state index in [4.69, 9.17) is 5.26 Å². The normalized spacial score (nSPS) is 10.4. The Kier molecular flexibility index (Phi) is 16.0. The fraction of sp³-hybridized carbons (Fsp3) is 0.882. The highest BCUT2D eigenvalue weighted by Gasteiger charge is 1.93. The monoisotopic (exact) mass is 250 g/mol. The van der Waals surface area contributed by atoms with E-state index in [1.165, 1.54) is 83.5 Å². The van der Waals surface area contributed by atoms with Gasteiger partial charge in [0.05, 0.1) is 12.5 Å². The summed E-state index contributed by atoms with van der Waals surface area (Å²) in [6.07, 6.45) is 20.8. The molecule has 1 nitrogen and oxygen atoms in total. The summed E-state index contributed by atoms with van der Waals surface area (Å²) in [4.78, 5) is 0. The van der Waals surface area contributed by atoms with Gasteiger partial charge in [-0.2, -0.15) is 5.26 Å². The van der Waals surface area contributed by atoms with Crippen LogP contribution in [0.4, 0.5) is 0 Å². The zero-order valence-corrected chi connectivity index (χ0v) is 12.4. The molecular formula is C17H32N. The summed E-state index contributed by atoms with van der Waals surface area (Å²) in [7, 11) is 0. The molecule has 0 aliphatic heterocycles. The second-order valence-corrected chi connectivity index (χ2v) is 5.36. The van der Waals surface area contributed by atoms with E-state index < -0.39 is 0 Å². The summed E-state index contributed by atoms with van der Waals surface area (Å²) in [5.74, 6) is 0. The summed E-state index contributed by atoms with van der Waals surface area (Å²) < 4.78 is 0. The van der Waals surface area contributed by atoms with E-state index in [0.717, 1.165) is 6.42 Å². The molecule has 0 bridgehead atoms. The molecule has 0 fully saturated rings. The Hall–Kier alpha value is -0.510. The van der Waals surface area contributed by atoms with Crippen LogP contribution in [-0.2, 0) is 0 Å². The van der Waals surface area contributed by atoms with Crippen molar-refractivity contribution in [3.8, 4) is 6.07 Å². The molecule has 0 aromatic rings. The molecule has 0 spiro atoms. The molecule has 0 rings (SSSR count). The lowest BCUT2D eigenvalue weighted by atomic mass is 10.0. The number of hydrogen-bond donors (Lipinski definition) is 0. The van der Waals surface area contributed by atoms with Gasteiger partial charge in [-0.3, -0.25) is 0 Å². The molecule has 0 heterocycles. The maximum absolute atomic E-state index is 8.35. The van der Waals surface area contributed by atoms with Crippen molar-refractivity contribution >= 4 is 0 Å². The Morgan fingerprint density at radius 2 is 1.06 bits per heavy atom. The van der Waals surface area contributed by atoms with Crippen LogP contribution in [0.5, 0.6) is 0 Å². The van der Waals surface area contributed by atoms with Gasteiger partial charge < -0.3 is 0 Å². The number of nitrogens with zero attached hydrogens (tertiary/aromatic N) is 1. The summed E-state index contributed by atoms with van der Waals surface area (Å²) in [5.41, 5.74) is 0. The zero-order chi connectivity index (χ0) is 13.3. The molecule has 0 N–H and O–H groups in total. The van der Waals surface area contributed by atoms with Gasteiger partial charge in [-0.1, -0.05) is 90.4 Å². The Bertz CT molecular complexity index is 181. The fourth-order valence-electron chi connectivity index (χ4n) is 2.33. The Morgan fingerprint density at radius 3 is 1.44 bits per heavy atom. The van der Waals surface area contributed by atoms with Crippen molar-refractivity contribution in [3.05, 3.63) is 6.42 Å². The molecule has 0 saturated carbocycles. The van der Waals surface area contributed by atoms with E-state index in [1.54, 1.807) is 6.42 Å². The van der Waals surface area contributed by atoms with Crippen molar-refractivity contribution < 1.29 is 0 Å². The highest BCUT2D eigenvalue weighted by atomic mass is 14.2. The van der Waals surface area contributed by atoms with Crippen molar-refractivity contribution in [1.82, 2.24) is 0 Å². The standard InChI is InChI=1S/C17H32N/c1-2-3-4-5-6-7-8-9-10-11-12-13-14-15-16-17-18/h16H,2-15H2,1H3. The average Bonchev–Trinajstić information content (AvgIpc) is 2.39. The molecule has 1 radical (unpaired) electrons. The van der Waals surface area contributed by atoms with Gasteiger partial charge in [0, 0.05) is 0 Å². The molecule has 1 heteroatoms. The molecule has 0 atom stereocenters. The molecule has 18 heavy (non-hydrogen) atoms. The quantitative estimate of drug-likeness (QED) is 0.337. The van der Waals surface area contributed by atoms with Crippen LogP contribution in [0.15, 0.2) is 0 Å². The number of unbranched alkanes of at least 4 members (excludes halogenated alkanes) is 14. The second-order valence-electron chi connectivity index (χ2n) is 5.36. The van der Waals surface area contributed by atoms with Gasteiger partial charge in [0.15, 0.2) is 0 Å². The lowest BCUT2D eigenvalue weighted by Gasteiger charge is -2.02. The molecule has 105 valence electrons. The van der Waals surface area contributed by atoms with Crippen molar-refractivity contribution in [1.29, 1.82) is 5.26 Å². The summed E-state index contributed by atoms with van der Waals surface area (Å²) in [6.45, 7) is 2.28. The van der Waals surface area contributed by atoms with Crippen molar-refractivity contribution in [2.45, 2.75) is 96.8 Å². The van der Waals surface area contributed by atoms with E-state index in [2.05, 4.69) is 13.0 Å². The van der Waals surface area contributed by atoms with E-state index in [1.807, 2.05) is 0 Å². The first-order chi connectivity index (χ1) is 8.91. The SMILES string of the molecule is CCCCCCCCCCCCCCC[CH]C#N. The minimum atomic E-state index is 0.980. The highest BCUT2D eigenvalue weighted by Crippen LogP contribution is 2.12. The van der Waals surface area contributed by atoms with Crippen molar-refractivity contribution in [2.24, 2.45) is 0 Å². The van der Waals surface area contributed by atoms with Gasteiger partial charge >= 0.3 is 0 Å². The number of hydrogen-bond acceptors (Lipinski definition) is 1. The van der Waals surface area contributed by atoms with Crippen molar-refractivity contribution in [2.75, 3.05) is 0 Å². The van der Waals surface area contributed by atoms with Crippen LogP contribution >= 0.6 is 0 Å². The molecular weight excluding hydrogens is 218 g/mol. The van der Waals surface area contributed by atoms with Gasteiger partial charge in [0.1, 0.15) is 0 Å². The third-order valence-corrected chi connectivity index (χ3v) is 3.54. The predicted molar refractivity (Wildman–Crippen MR) is 80.2 cm³/mol. The van der Waals surface area contributed by atoms with Crippen LogP contribution in [0, 0.1) is 17.8 Å². The Balaban J connectivity index is 2.89. The fourth-order valence-corrected chi connectivity index (χ4v) is 2.33. The molecule has 0 unspecified atom stereocenters. The van der Waals surface area contributed by atoms with Gasteiger partial charge in [-0.25, -0.2) is 0 Å². The van der Waals surface area contributed by atoms with Crippen LogP contribution in [0.25, 0.3) is 0 Å². The van der Waals surface area contributed by atoms with E-state index in [-0.39, 0.29) is 0 Å². The summed E-state index contributed by atoms with van der Waals surface area (Å²) in [6, 6.07) is 2.09. The predicted octanol–water partition coefficient (Wildman–Crippen LogP) is 6.20. The first kappa shape index (κ1) is 17.5. The maximum Gasteiger partial charge on any atom is 0.0669 e. The molecule has 0 aliphatic rings. The average molecular weight is 250 g/mol. The largest absolute Gasteiger partial charge is 0.198 e. The minimum absolute atomic E-state index is 0.980. The van der Waals surface area contributed by atoms with Crippen molar-refractivity contribution in [3.63, 3.8) is 0 Å². The lowest BCUT2D eigenvalue weighted by molar-refractivity contribution is 0.539. The van der Waals surface area contributed by atoms with Gasteiger partial charge in [-0.05, 0) is 6.42 Å². The zero-order valence-electron chi connectivity index (χ0n) is 12.4. The Labute approximate surface area is 115 Å². The van der Waals surface area contributed by atoms with Crippen LogP contribution in [-0.4, -0.2) is 0 Å². The summed E-state index contributed by atoms with van der Waals surface area (Å²) in [5, 5.41) is 8.35. The van der Waals surface area contributed by atoms with E-state index in [9.17, 15) is 0 Å². The number of rotatable bonds is 14. The summed E-state index contributed by atoms with van der Waals surface area (Å²) >= 11 is 0. The van der Waals surface area contributed by atoms with Crippen LogP contribution in [0.1, 0.15) is 96.8 Å². The Morgan fingerprint density at radius 1 is 0.667 bits per heavy atom. The topological polar surface area (TPSA) is 23.8 Å². The molecule has 0 amide bonds. The highest BCUT2D eigenvalue weighted by molar-refractivity contribution is 4.90. The number of nitriles is 1. The first-order valence-electron chi connectivity index (χ1n) is 8.13. The molecule has 0 saturated heterocycles. The first-order valence-corrected chi connectivity index (χ1v) is 8.13. The van der Waals surface area contributed by atoms with Gasteiger partial charge in [-0.15, -0.1) is 0 Å². The third-order valence-electron chi connectivity index (χ3n) is 3.54. The van der Waals surface area contributed by atoms with Gasteiger partial charge in [0.2, 0.25) is 0 Å². The molecule has 0 aromatic heterocycles.